The van der Waals surface area contributed by atoms with Gasteiger partial charge in [-0.3, -0.25) is 4.98 Å². The van der Waals surface area contributed by atoms with Gasteiger partial charge in [0.15, 0.2) is 5.11 Å². The molecule has 26 heavy (non-hydrogen) atoms. The molecule has 4 nitrogen and oxygen atoms in total. The molecule has 1 aliphatic rings. The van der Waals surface area contributed by atoms with E-state index in [1.54, 1.807) is 0 Å². The van der Waals surface area contributed by atoms with Crippen molar-refractivity contribution in [3.05, 3.63) is 83.4 Å². The molecule has 0 spiro atoms. The van der Waals surface area contributed by atoms with E-state index in [-0.39, 0.29) is 12.1 Å². The Balaban J connectivity index is 1.82. The molecule has 1 aromatic carbocycles. The van der Waals surface area contributed by atoms with Gasteiger partial charge in [-0.25, -0.2) is 0 Å². The molecular formula is C20H19ClN4S. The summed E-state index contributed by atoms with van der Waals surface area (Å²) >= 11 is 11.8. The predicted molar refractivity (Wildman–Crippen MR) is 109 cm³/mol. The maximum atomic E-state index is 6.21. The highest BCUT2D eigenvalue weighted by molar-refractivity contribution is 7.80. The molecule has 0 aliphatic carbocycles. The highest BCUT2D eigenvalue weighted by atomic mass is 35.5. The zero-order chi connectivity index (χ0) is 18.1. The molecule has 3 heterocycles. The lowest BCUT2D eigenvalue weighted by molar-refractivity contribution is 0.321. The van der Waals surface area contributed by atoms with Crippen LogP contribution in [0.15, 0.2) is 67.0 Å². The third kappa shape index (κ3) is 2.97. The van der Waals surface area contributed by atoms with Crippen molar-refractivity contribution < 1.29 is 0 Å². The lowest BCUT2D eigenvalue weighted by atomic mass is 10.0. The number of hydrogen-bond acceptors (Lipinski definition) is 2. The van der Waals surface area contributed by atoms with Crippen LogP contribution in [-0.4, -0.2) is 26.1 Å². The number of thiocarbonyl (C=S) groups is 1. The van der Waals surface area contributed by atoms with Crippen molar-refractivity contribution in [2.24, 2.45) is 0 Å². The van der Waals surface area contributed by atoms with Crippen LogP contribution in [0.3, 0.4) is 0 Å². The van der Waals surface area contributed by atoms with Crippen LogP contribution < -0.4 is 5.32 Å². The SMILES string of the molecule is CCN1C(=S)NC(c2ccccn2)C1c1cccn1-c1cccc(Cl)c1. The van der Waals surface area contributed by atoms with Crippen LogP contribution in [0.1, 0.15) is 30.4 Å². The monoisotopic (exact) mass is 382 g/mol. The molecule has 0 radical (unpaired) electrons. The Morgan fingerprint density at radius 1 is 1.15 bits per heavy atom. The highest BCUT2D eigenvalue weighted by Crippen LogP contribution is 2.39. The molecule has 6 heteroatoms. The zero-order valence-electron chi connectivity index (χ0n) is 14.3. The van der Waals surface area contributed by atoms with Crippen LogP contribution in [-0.2, 0) is 0 Å². The molecule has 4 rings (SSSR count). The number of nitrogens with one attached hydrogen (secondary N) is 1. The minimum Gasteiger partial charge on any atom is -0.352 e. The number of aromatic nitrogens is 2. The maximum Gasteiger partial charge on any atom is 0.170 e. The molecule has 3 aromatic rings. The van der Waals surface area contributed by atoms with Crippen molar-refractivity contribution in [2.45, 2.75) is 19.0 Å². The fourth-order valence-corrected chi connectivity index (χ4v) is 4.12. The number of pyridine rings is 1. The third-order valence-corrected chi connectivity index (χ3v) is 5.30. The zero-order valence-corrected chi connectivity index (χ0v) is 15.9. The molecule has 2 unspecified atom stereocenters. The van der Waals surface area contributed by atoms with E-state index in [0.29, 0.717) is 0 Å². The van der Waals surface area contributed by atoms with Crippen molar-refractivity contribution in [3.8, 4) is 5.69 Å². The van der Waals surface area contributed by atoms with E-state index in [1.165, 1.54) is 0 Å². The van der Waals surface area contributed by atoms with Gasteiger partial charge in [0.1, 0.15) is 0 Å². The molecule has 0 bridgehead atoms. The van der Waals surface area contributed by atoms with Gasteiger partial charge in [-0.1, -0.05) is 23.7 Å². The molecule has 1 N–H and O–H groups in total. The Kier molecular flexibility index (Phi) is 4.66. The standard InChI is InChI=1S/C20H19ClN4S/c1-2-24-19(18(23-20(24)26)16-9-3-4-11-22-16)17-10-6-12-25(17)15-8-5-7-14(21)13-15/h3-13,18-19H,2H2,1H3,(H,23,26). The first-order valence-corrected chi connectivity index (χ1v) is 9.39. The topological polar surface area (TPSA) is 33.1 Å². The van der Waals surface area contributed by atoms with Crippen LogP contribution >= 0.6 is 23.8 Å². The smallest absolute Gasteiger partial charge is 0.170 e. The molecule has 1 aliphatic heterocycles. The fourth-order valence-electron chi connectivity index (χ4n) is 3.56. The first-order chi connectivity index (χ1) is 12.7. The summed E-state index contributed by atoms with van der Waals surface area (Å²) in [5.74, 6) is 0. The van der Waals surface area contributed by atoms with Gasteiger partial charge < -0.3 is 14.8 Å². The second-order valence-corrected chi connectivity index (χ2v) is 7.02. The number of benzene rings is 1. The van der Waals surface area contributed by atoms with E-state index < -0.39 is 0 Å². The van der Waals surface area contributed by atoms with Gasteiger partial charge in [-0.2, -0.15) is 0 Å². The molecule has 2 atom stereocenters. The van der Waals surface area contributed by atoms with Crippen LogP contribution in [0.2, 0.25) is 5.02 Å². The summed E-state index contributed by atoms with van der Waals surface area (Å²) in [5.41, 5.74) is 3.16. The van der Waals surface area contributed by atoms with Gasteiger partial charge in [0.25, 0.3) is 0 Å². The maximum absolute atomic E-state index is 6.21. The molecule has 0 saturated carbocycles. The Labute approximate surface area is 163 Å². The van der Waals surface area contributed by atoms with Crippen LogP contribution in [0, 0.1) is 0 Å². The first kappa shape index (κ1) is 17.1. The summed E-state index contributed by atoms with van der Waals surface area (Å²) in [6.45, 7) is 2.94. The van der Waals surface area contributed by atoms with E-state index in [2.05, 4.69) is 51.1 Å². The number of rotatable bonds is 4. The Morgan fingerprint density at radius 3 is 2.77 bits per heavy atom. The van der Waals surface area contributed by atoms with Crippen molar-refractivity contribution >= 4 is 28.9 Å². The van der Waals surface area contributed by atoms with Gasteiger partial charge in [0, 0.05) is 35.3 Å². The summed E-state index contributed by atoms with van der Waals surface area (Å²) in [7, 11) is 0. The normalized spacial score (nSPS) is 19.6. The van der Waals surface area contributed by atoms with E-state index in [4.69, 9.17) is 23.8 Å². The minimum absolute atomic E-state index is 0.00326. The fraction of sp³-hybridized carbons (Fsp3) is 0.200. The highest BCUT2D eigenvalue weighted by Gasteiger charge is 2.40. The van der Waals surface area contributed by atoms with E-state index in [0.717, 1.165) is 33.8 Å². The number of nitrogens with zero attached hydrogens (tertiary/aromatic N) is 3. The predicted octanol–water partition coefficient (Wildman–Crippen LogP) is 4.52. The molecule has 1 saturated heterocycles. The second kappa shape index (κ2) is 7.09. The third-order valence-electron chi connectivity index (χ3n) is 4.71. The van der Waals surface area contributed by atoms with Crippen molar-refractivity contribution in [3.63, 3.8) is 0 Å². The van der Waals surface area contributed by atoms with Crippen molar-refractivity contribution in [1.29, 1.82) is 0 Å². The van der Waals surface area contributed by atoms with Crippen LogP contribution in [0.5, 0.6) is 0 Å². The number of likely N-dealkylation sites (N-methyl/N-ethyl adjacent to an activating group) is 1. The van der Waals surface area contributed by atoms with E-state index >= 15 is 0 Å². The lowest BCUT2D eigenvalue weighted by Gasteiger charge is -2.28. The first-order valence-electron chi connectivity index (χ1n) is 8.60. The Bertz CT molecular complexity index is 924. The van der Waals surface area contributed by atoms with E-state index in [9.17, 15) is 0 Å². The molecular weight excluding hydrogens is 364 g/mol. The van der Waals surface area contributed by atoms with Gasteiger partial charge >= 0.3 is 0 Å². The quantitative estimate of drug-likeness (QED) is 0.672. The average molecular weight is 383 g/mol. The van der Waals surface area contributed by atoms with Crippen molar-refractivity contribution in [1.82, 2.24) is 19.8 Å². The molecule has 2 aromatic heterocycles. The Morgan fingerprint density at radius 2 is 2.04 bits per heavy atom. The van der Waals surface area contributed by atoms with Gasteiger partial charge in [0.05, 0.1) is 17.8 Å². The summed E-state index contributed by atoms with van der Waals surface area (Å²) < 4.78 is 2.17. The number of halogens is 1. The molecule has 0 amide bonds. The van der Waals surface area contributed by atoms with Crippen LogP contribution in [0.25, 0.3) is 5.69 Å². The minimum atomic E-state index is -0.00326. The van der Waals surface area contributed by atoms with Crippen LogP contribution in [0.4, 0.5) is 0 Å². The van der Waals surface area contributed by atoms with Gasteiger partial charge in [-0.05, 0) is 61.6 Å². The van der Waals surface area contributed by atoms with E-state index in [1.807, 2.05) is 42.6 Å². The summed E-state index contributed by atoms with van der Waals surface area (Å²) in [6, 6.07) is 18.1. The molecule has 132 valence electrons. The van der Waals surface area contributed by atoms with Gasteiger partial charge in [0.2, 0.25) is 0 Å². The van der Waals surface area contributed by atoms with Crippen molar-refractivity contribution in [2.75, 3.05) is 6.54 Å². The average Bonchev–Trinajstić information content (AvgIpc) is 3.26. The second-order valence-electron chi connectivity index (χ2n) is 6.20. The lowest BCUT2D eigenvalue weighted by Crippen LogP contribution is -2.30. The molecule has 1 fully saturated rings. The van der Waals surface area contributed by atoms with Gasteiger partial charge in [-0.15, -0.1) is 0 Å². The summed E-state index contributed by atoms with van der Waals surface area (Å²) in [5, 5.41) is 4.93. The largest absolute Gasteiger partial charge is 0.352 e. The summed E-state index contributed by atoms with van der Waals surface area (Å²) in [6.07, 6.45) is 3.88. The summed E-state index contributed by atoms with van der Waals surface area (Å²) in [4.78, 5) is 6.77. The Hall–Kier alpha value is -2.37. The number of hydrogen-bond donors (Lipinski definition) is 1.